The summed E-state index contributed by atoms with van der Waals surface area (Å²) in [6, 6.07) is 8.58. The van der Waals surface area contributed by atoms with Crippen LogP contribution < -0.4 is 0 Å². The van der Waals surface area contributed by atoms with Gasteiger partial charge in [0.2, 0.25) is 0 Å². The van der Waals surface area contributed by atoms with Gasteiger partial charge in [0.15, 0.2) is 5.78 Å². The van der Waals surface area contributed by atoms with E-state index in [4.69, 9.17) is 0 Å². The van der Waals surface area contributed by atoms with Gasteiger partial charge < -0.3 is 0 Å². The number of carbonyl (C=O) groups is 1. The van der Waals surface area contributed by atoms with Crippen LogP contribution in [0, 0.1) is 18.8 Å². The third-order valence-corrected chi connectivity index (χ3v) is 4.59. The van der Waals surface area contributed by atoms with E-state index in [0.29, 0.717) is 0 Å². The van der Waals surface area contributed by atoms with Crippen molar-refractivity contribution in [3.05, 3.63) is 66.3 Å². The standard InChI is InChI=1S/C13H6F2I2O/c14-9-5-1-3-7(11(9)16)13(18)8-4-2-6-10(15)12(8)17/h1-6H. The van der Waals surface area contributed by atoms with E-state index in [1.807, 2.05) is 0 Å². The molecule has 0 aromatic heterocycles. The predicted molar refractivity (Wildman–Crippen MR) is 81.7 cm³/mol. The minimum atomic E-state index is -0.451. The van der Waals surface area contributed by atoms with E-state index in [1.165, 1.54) is 36.4 Å². The molecule has 0 spiro atoms. The SMILES string of the molecule is O=C(c1cccc(F)c1I)c1cccc(F)c1I. The Morgan fingerprint density at radius 3 is 1.61 bits per heavy atom. The Labute approximate surface area is 130 Å². The molecule has 0 fully saturated rings. The van der Waals surface area contributed by atoms with Gasteiger partial charge in [-0.05, 0) is 69.4 Å². The number of carbonyl (C=O) groups excluding carboxylic acids is 1. The van der Waals surface area contributed by atoms with Crippen molar-refractivity contribution in [2.75, 3.05) is 0 Å². The zero-order valence-corrected chi connectivity index (χ0v) is 13.2. The first-order valence-corrected chi connectivity index (χ1v) is 7.11. The van der Waals surface area contributed by atoms with Crippen LogP contribution in [0.2, 0.25) is 0 Å². The summed E-state index contributed by atoms with van der Waals surface area (Å²) in [6.45, 7) is 0. The maximum absolute atomic E-state index is 13.4. The van der Waals surface area contributed by atoms with Crippen LogP contribution in [0.4, 0.5) is 8.78 Å². The normalized spacial score (nSPS) is 10.4. The number of benzene rings is 2. The van der Waals surface area contributed by atoms with E-state index in [0.717, 1.165) is 0 Å². The van der Waals surface area contributed by atoms with E-state index < -0.39 is 11.6 Å². The molecule has 0 saturated carbocycles. The van der Waals surface area contributed by atoms with Crippen molar-refractivity contribution in [2.24, 2.45) is 0 Å². The van der Waals surface area contributed by atoms with Gasteiger partial charge >= 0.3 is 0 Å². The zero-order valence-electron chi connectivity index (χ0n) is 8.88. The summed E-state index contributed by atoms with van der Waals surface area (Å²) in [6.07, 6.45) is 0. The molecule has 2 rings (SSSR count). The molecule has 5 heteroatoms. The molecule has 0 heterocycles. The van der Waals surface area contributed by atoms with Gasteiger partial charge in [-0.3, -0.25) is 4.79 Å². The third-order valence-electron chi connectivity index (χ3n) is 2.39. The summed E-state index contributed by atoms with van der Waals surface area (Å²) in [7, 11) is 0. The van der Waals surface area contributed by atoms with Crippen molar-refractivity contribution >= 4 is 51.0 Å². The molecular weight excluding hydrogens is 464 g/mol. The largest absolute Gasteiger partial charge is 0.289 e. The second-order valence-electron chi connectivity index (χ2n) is 3.53. The van der Waals surface area contributed by atoms with E-state index in [9.17, 15) is 13.6 Å². The second kappa shape index (κ2) is 5.60. The van der Waals surface area contributed by atoms with Crippen molar-refractivity contribution in [3.63, 3.8) is 0 Å². The molecule has 18 heavy (non-hydrogen) atoms. The fourth-order valence-electron chi connectivity index (χ4n) is 1.50. The van der Waals surface area contributed by atoms with Gasteiger partial charge in [-0.1, -0.05) is 12.1 Å². The fourth-order valence-corrected chi connectivity index (χ4v) is 2.71. The summed E-state index contributed by atoms with van der Waals surface area (Å²) in [5, 5.41) is 0. The molecule has 0 aliphatic carbocycles. The number of hydrogen-bond donors (Lipinski definition) is 0. The van der Waals surface area contributed by atoms with Crippen LogP contribution in [0.5, 0.6) is 0 Å². The molecule has 0 amide bonds. The van der Waals surface area contributed by atoms with Gasteiger partial charge in [0.25, 0.3) is 0 Å². The van der Waals surface area contributed by atoms with E-state index in [1.54, 1.807) is 45.2 Å². The highest BCUT2D eigenvalue weighted by Crippen LogP contribution is 2.23. The Morgan fingerprint density at radius 2 is 1.22 bits per heavy atom. The van der Waals surface area contributed by atoms with Gasteiger partial charge in [0, 0.05) is 11.1 Å². The van der Waals surface area contributed by atoms with Crippen molar-refractivity contribution < 1.29 is 13.6 Å². The lowest BCUT2D eigenvalue weighted by molar-refractivity contribution is 0.103. The molecule has 0 saturated heterocycles. The predicted octanol–water partition coefficient (Wildman–Crippen LogP) is 4.41. The smallest absolute Gasteiger partial charge is 0.195 e. The zero-order chi connectivity index (χ0) is 13.3. The van der Waals surface area contributed by atoms with Gasteiger partial charge in [0.1, 0.15) is 11.6 Å². The molecule has 0 N–H and O–H groups in total. The van der Waals surface area contributed by atoms with Crippen LogP contribution in [0.1, 0.15) is 15.9 Å². The molecule has 92 valence electrons. The maximum atomic E-state index is 13.4. The Bertz CT molecular complexity index is 573. The van der Waals surface area contributed by atoms with E-state index in [2.05, 4.69) is 0 Å². The number of halogens is 4. The lowest BCUT2D eigenvalue weighted by Gasteiger charge is -2.07. The van der Waals surface area contributed by atoms with Crippen LogP contribution >= 0.6 is 45.2 Å². The number of hydrogen-bond acceptors (Lipinski definition) is 1. The summed E-state index contributed by atoms with van der Waals surface area (Å²) >= 11 is 3.55. The lowest BCUT2D eigenvalue weighted by atomic mass is 10.0. The lowest BCUT2D eigenvalue weighted by Crippen LogP contribution is -2.08. The molecule has 0 radical (unpaired) electrons. The van der Waals surface area contributed by atoms with Crippen LogP contribution in [-0.2, 0) is 0 Å². The molecule has 0 atom stereocenters. The molecule has 0 bridgehead atoms. The minimum Gasteiger partial charge on any atom is -0.289 e. The highest BCUT2D eigenvalue weighted by atomic mass is 127. The van der Waals surface area contributed by atoms with Gasteiger partial charge in [-0.15, -0.1) is 0 Å². The first-order chi connectivity index (χ1) is 8.52. The molecule has 0 unspecified atom stereocenters. The van der Waals surface area contributed by atoms with Crippen LogP contribution in [-0.4, -0.2) is 5.78 Å². The van der Waals surface area contributed by atoms with Crippen molar-refractivity contribution in [3.8, 4) is 0 Å². The second-order valence-corrected chi connectivity index (χ2v) is 5.69. The summed E-state index contributed by atoms with van der Waals surface area (Å²) in [5.41, 5.74) is 0.498. The molecule has 2 aromatic carbocycles. The maximum Gasteiger partial charge on any atom is 0.195 e. The molecule has 1 nitrogen and oxygen atoms in total. The highest BCUT2D eigenvalue weighted by Gasteiger charge is 2.18. The monoisotopic (exact) mass is 470 g/mol. The minimum absolute atomic E-state index is 0.249. The van der Waals surface area contributed by atoms with Gasteiger partial charge in [0.05, 0.1) is 7.14 Å². The Balaban J connectivity index is 2.55. The quantitative estimate of drug-likeness (QED) is 0.470. The third kappa shape index (κ3) is 2.56. The highest BCUT2D eigenvalue weighted by molar-refractivity contribution is 14.1. The first kappa shape index (κ1) is 13.9. The van der Waals surface area contributed by atoms with Crippen molar-refractivity contribution in [2.45, 2.75) is 0 Å². The average molecular weight is 470 g/mol. The van der Waals surface area contributed by atoms with Crippen LogP contribution in [0.3, 0.4) is 0 Å². The summed E-state index contributed by atoms with van der Waals surface area (Å²) in [4.78, 5) is 12.2. The first-order valence-electron chi connectivity index (χ1n) is 4.95. The Morgan fingerprint density at radius 1 is 0.833 bits per heavy atom. The summed E-state index contributed by atoms with van der Waals surface area (Å²) in [5.74, 6) is -1.27. The van der Waals surface area contributed by atoms with Gasteiger partial charge in [-0.25, -0.2) is 8.78 Å². The van der Waals surface area contributed by atoms with E-state index in [-0.39, 0.29) is 24.1 Å². The van der Waals surface area contributed by atoms with Crippen LogP contribution in [0.25, 0.3) is 0 Å². The van der Waals surface area contributed by atoms with E-state index >= 15 is 0 Å². The Kier molecular flexibility index (Phi) is 4.31. The number of rotatable bonds is 2. The summed E-state index contributed by atoms with van der Waals surface area (Å²) < 4.78 is 27.3. The molecule has 0 aliphatic rings. The fraction of sp³-hybridized carbons (Fsp3) is 0. The Hall–Kier alpha value is -0.570. The molecule has 0 aliphatic heterocycles. The molecule has 2 aromatic rings. The average Bonchev–Trinajstić information content (AvgIpc) is 2.35. The molecular formula is C13H6F2I2O. The van der Waals surface area contributed by atoms with Gasteiger partial charge in [-0.2, -0.15) is 0 Å². The van der Waals surface area contributed by atoms with Crippen LogP contribution in [0.15, 0.2) is 36.4 Å². The topological polar surface area (TPSA) is 17.1 Å². The number of ketones is 1. The van der Waals surface area contributed by atoms with Crippen molar-refractivity contribution in [1.29, 1.82) is 0 Å². The van der Waals surface area contributed by atoms with Crippen molar-refractivity contribution in [1.82, 2.24) is 0 Å².